The molecule has 3 saturated heterocycles. The van der Waals surface area contributed by atoms with Gasteiger partial charge in [0.25, 0.3) is 0 Å². The minimum atomic E-state index is 0.143. The number of nitrogens with zero attached hydrogens (tertiary/aromatic N) is 6. The average Bonchev–Trinajstić information content (AvgIpc) is 3.10. The van der Waals surface area contributed by atoms with E-state index >= 15 is 0 Å². The van der Waals surface area contributed by atoms with Gasteiger partial charge in [0.05, 0.1) is 18.8 Å². The Morgan fingerprint density at radius 2 is 1.73 bits per heavy atom. The van der Waals surface area contributed by atoms with Gasteiger partial charge in [0.15, 0.2) is 0 Å². The molecule has 3 aliphatic heterocycles. The summed E-state index contributed by atoms with van der Waals surface area (Å²) in [6, 6.07) is 1.16. The smallest absolute Gasteiger partial charge is 0.226 e. The van der Waals surface area contributed by atoms with E-state index in [0.717, 1.165) is 51.8 Å². The lowest BCUT2D eigenvalue weighted by molar-refractivity contribution is -0.123. The van der Waals surface area contributed by atoms with Crippen LogP contribution in [0.2, 0.25) is 0 Å². The van der Waals surface area contributed by atoms with Crippen molar-refractivity contribution in [2.24, 2.45) is 5.92 Å². The molecule has 1 saturated carbocycles. The quantitative estimate of drug-likeness (QED) is 0.690. The summed E-state index contributed by atoms with van der Waals surface area (Å²) >= 11 is 0. The number of piperazine rings is 2. The van der Waals surface area contributed by atoms with Crippen molar-refractivity contribution in [1.29, 1.82) is 0 Å². The van der Waals surface area contributed by atoms with Crippen LogP contribution >= 0.6 is 0 Å². The Kier molecular flexibility index (Phi) is 6.97. The number of aromatic nitrogens is 2. The van der Waals surface area contributed by atoms with Crippen LogP contribution in [0.15, 0.2) is 12.4 Å². The number of rotatable bonds is 6. The number of ketones is 1. The zero-order valence-corrected chi connectivity index (χ0v) is 20.6. The first kappa shape index (κ1) is 23.1. The van der Waals surface area contributed by atoms with E-state index in [0.29, 0.717) is 36.5 Å². The zero-order chi connectivity index (χ0) is 22.9. The highest BCUT2D eigenvalue weighted by atomic mass is 16.1. The fourth-order valence-corrected chi connectivity index (χ4v) is 6.20. The summed E-state index contributed by atoms with van der Waals surface area (Å²) in [5.41, 5.74) is 1.31. The van der Waals surface area contributed by atoms with Crippen LogP contribution in [0, 0.1) is 5.92 Å². The van der Waals surface area contributed by atoms with Crippen molar-refractivity contribution < 1.29 is 4.79 Å². The topological polar surface area (TPSA) is 67.8 Å². The molecule has 1 aliphatic carbocycles. The minimum Gasteiger partial charge on any atom is -0.318 e. The monoisotopic (exact) mass is 455 g/mol. The second-order valence-electron chi connectivity index (χ2n) is 11.0. The number of hydrogen-bond donors (Lipinski definition) is 1. The van der Waals surface area contributed by atoms with Crippen molar-refractivity contribution in [3.05, 3.63) is 18.0 Å². The molecule has 2 atom stereocenters. The molecule has 2 bridgehead atoms. The molecule has 8 nitrogen and oxygen atoms in total. The largest absolute Gasteiger partial charge is 0.318 e. The number of hydrogen-bond acceptors (Lipinski definition) is 8. The maximum atomic E-state index is 12.1. The normalized spacial score (nSPS) is 31.9. The lowest BCUT2D eigenvalue weighted by Gasteiger charge is -2.42. The molecule has 33 heavy (non-hydrogen) atoms. The third-order valence-corrected chi connectivity index (χ3v) is 8.33. The first-order valence-corrected chi connectivity index (χ1v) is 13.0. The molecule has 182 valence electrons. The molecule has 0 aromatic carbocycles. The Labute approximate surface area is 198 Å². The Morgan fingerprint density at radius 1 is 1.03 bits per heavy atom. The zero-order valence-electron chi connectivity index (χ0n) is 20.6. The number of carbonyl (C=O) groups is 1. The average molecular weight is 456 g/mol. The van der Waals surface area contributed by atoms with Crippen molar-refractivity contribution in [2.75, 3.05) is 64.3 Å². The number of fused-ring (bicyclic) bond motifs is 2. The molecule has 0 amide bonds. The highest BCUT2D eigenvalue weighted by molar-refractivity contribution is 5.82. The molecule has 2 unspecified atom stereocenters. The van der Waals surface area contributed by atoms with Gasteiger partial charge in [0.2, 0.25) is 5.95 Å². The maximum absolute atomic E-state index is 12.1. The first-order chi connectivity index (χ1) is 16.0. The first-order valence-electron chi connectivity index (χ1n) is 13.0. The summed E-state index contributed by atoms with van der Waals surface area (Å²) in [6.45, 7) is 12.0. The van der Waals surface area contributed by atoms with E-state index in [2.05, 4.69) is 44.4 Å². The van der Waals surface area contributed by atoms with E-state index in [1.54, 1.807) is 0 Å². The van der Waals surface area contributed by atoms with Gasteiger partial charge < -0.3 is 9.80 Å². The number of likely N-dealkylation sites (N-methyl/N-ethyl adjacent to an activating group) is 1. The van der Waals surface area contributed by atoms with Crippen LogP contribution < -0.4 is 10.2 Å². The van der Waals surface area contributed by atoms with Crippen LogP contribution in [0.3, 0.4) is 0 Å². The van der Waals surface area contributed by atoms with Gasteiger partial charge in [-0.25, -0.2) is 9.97 Å². The van der Waals surface area contributed by atoms with Crippen molar-refractivity contribution in [3.8, 4) is 0 Å². The van der Waals surface area contributed by atoms with E-state index in [1.807, 2.05) is 13.8 Å². The van der Waals surface area contributed by atoms with Crippen LogP contribution in [0.1, 0.15) is 51.0 Å². The van der Waals surface area contributed by atoms with Gasteiger partial charge in [0, 0.05) is 70.2 Å². The lowest BCUT2D eigenvalue weighted by atomic mass is 9.82. The Bertz CT molecular complexity index is 785. The molecular weight excluding hydrogens is 414 g/mol. The van der Waals surface area contributed by atoms with Gasteiger partial charge in [-0.05, 0) is 44.2 Å². The third kappa shape index (κ3) is 5.09. The molecule has 8 heteroatoms. The van der Waals surface area contributed by atoms with E-state index in [4.69, 9.17) is 9.97 Å². The predicted octanol–water partition coefficient (Wildman–Crippen LogP) is 1.40. The minimum absolute atomic E-state index is 0.143. The third-order valence-electron chi connectivity index (χ3n) is 8.33. The second kappa shape index (κ2) is 9.94. The van der Waals surface area contributed by atoms with Gasteiger partial charge in [-0.2, -0.15) is 0 Å². The molecule has 4 heterocycles. The van der Waals surface area contributed by atoms with E-state index in [1.165, 1.54) is 31.2 Å². The lowest BCUT2D eigenvalue weighted by Crippen LogP contribution is -2.55. The fraction of sp³-hybridized carbons (Fsp3) is 0.800. The summed E-state index contributed by atoms with van der Waals surface area (Å²) in [5.74, 6) is 1.98. The molecular formula is C25H41N7O. The summed E-state index contributed by atoms with van der Waals surface area (Å²) in [7, 11) is 2.19. The number of carbonyl (C=O) groups excluding carboxylic acids is 1. The highest BCUT2D eigenvalue weighted by Crippen LogP contribution is 2.35. The Morgan fingerprint density at radius 3 is 2.36 bits per heavy atom. The highest BCUT2D eigenvalue weighted by Gasteiger charge is 2.40. The standard InChI is InChI=1S/C25H41N7O/c1-18(2)23(33)16-30-8-10-31(11-9-30)21-6-4-19(5-7-21)20-12-27-25(28-13-20)32-22-14-26-24(32)17-29(3)15-22/h12-13,18-19,21-22,24,26H,4-11,14-17H2,1-3H3. The molecule has 1 N–H and O–H groups in total. The summed E-state index contributed by atoms with van der Waals surface area (Å²) < 4.78 is 0. The number of nitrogens with one attached hydrogen (secondary N) is 1. The second-order valence-corrected chi connectivity index (χ2v) is 11.0. The molecule has 4 aliphatic rings. The SMILES string of the molecule is CC(C)C(=O)CN1CCN(C2CCC(c3cnc(N4C5CNC4CN(C)C5)nc3)CC2)CC1. The van der Waals surface area contributed by atoms with Crippen LogP contribution in [-0.2, 0) is 4.79 Å². The van der Waals surface area contributed by atoms with Crippen molar-refractivity contribution in [2.45, 2.75) is 63.7 Å². The van der Waals surface area contributed by atoms with Crippen molar-refractivity contribution in [1.82, 2.24) is 30.0 Å². The molecule has 4 fully saturated rings. The summed E-state index contributed by atoms with van der Waals surface area (Å²) in [4.78, 5) is 31.5. The fourth-order valence-electron chi connectivity index (χ4n) is 6.20. The van der Waals surface area contributed by atoms with Crippen molar-refractivity contribution >= 4 is 11.7 Å². The number of Topliss-reactive ketones (excluding diaryl/α,β-unsaturated/α-hetero) is 1. The van der Waals surface area contributed by atoms with Gasteiger partial charge in [0.1, 0.15) is 5.78 Å². The molecule has 0 spiro atoms. The van der Waals surface area contributed by atoms with Gasteiger partial charge in [-0.3, -0.25) is 19.9 Å². The predicted molar refractivity (Wildman–Crippen MR) is 130 cm³/mol. The molecule has 1 aromatic rings. The van der Waals surface area contributed by atoms with E-state index < -0.39 is 0 Å². The van der Waals surface area contributed by atoms with Gasteiger partial charge in [-0.15, -0.1) is 0 Å². The Balaban J connectivity index is 1.10. The van der Waals surface area contributed by atoms with E-state index in [-0.39, 0.29) is 5.92 Å². The van der Waals surface area contributed by atoms with Crippen LogP contribution in [0.4, 0.5) is 5.95 Å². The van der Waals surface area contributed by atoms with Crippen LogP contribution in [0.5, 0.6) is 0 Å². The Hall–Kier alpha value is -1.61. The molecule has 0 radical (unpaired) electrons. The van der Waals surface area contributed by atoms with Gasteiger partial charge in [-0.1, -0.05) is 13.8 Å². The van der Waals surface area contributed by atoms with Crippen molar-refractivity contribution in [3.63, 3.8) is 0 Å². The van der Waals surface area contributed by atoms with E-state index in [9.17, 15) is 4.79 Å². The van der Waals surface area contributed by atoms with Crippen LogP contribution in [-0.4, -0.2) is 108 Å². The maximum Gasteiger partial charge on any atom is 0.226 e. The summed E-state index contributed by atoms with van der Waals surface area (Å²) in [6.07, 6.45) is 9.47. The number of anilines is 1. The van der Waals surface area contributed by atoms with Crippen LogP contribution in [0.25, 0.3) is 0 Å². The molecule has 5 rings (SSSR count). The summed E-state index contributed by atoms with van der Waals surface area (Å²) in [5, 5.41) is 3.61. The molecule has 1 aromatic heterocycles. The van der Waals surface area contributed by atoms with Gasteiger partial charge >= 0.3 is 0 Å².